The van der Waals surface area contributed by atoms with Crippen molar-refractivity contribution in [1.29, 1.82) is 0 Å². The molecule has 0 spiro atoms. The van der Waals surface area contributed by atoms with Crippen LogP contribution in [-0.2, 0) is 6.54 Å². The van der Waals surface area contributed by atoms with Gasteiger partial charge in [-0.3, -0.25) is 14.9 Å². The minimum Gasteiger partial charge on any atom is -0.508 e. The van der Waals surface area contributed by atoms with Crippen LogP contribution in [-0.4, -0.2) is 23.0 Å². The third-order valence-electron chi connectivity index (χ3n) is 4.06. The predicted octanol–water partition coefficient (Wildman–Crippen LogP) is 3.29. The minimum atomic E-state index is -0.568. The minimum absolute atomic E-state index is 0.0772. The molecule has 0 unspecified atom stereocenters. The number of carbonyl (C=O) groups excluding carboxylic acids is 1. The summed E-state index contributed by atoms with van der Waals surface area (Å²) in [4.78, 5) is 22.7. The Morgan fingerprint density at radius 3 is 2.77 bits per heavy atom. The number of fused-ring (bicyclic) bond motifs is 1. The average Bonchev–Trinajstić information content (AvgIpc) is 2.96. The van der Waals surface area contributed by atoms with Crippen LogP contribution in [0.2, 0.25) is 0 Å². The monoisotopic (exact) mass is 356 g/mol. The number of phenolic OH excluding ortho intramolecular Hbond substituents is 1. The number of nitro benzene ring substituents is 1. The van der Waals surface area contributed by atoms with Crippen LogP contribution in [0.15, 0.2) is 40.8 Å². The Bertz CT molecular complexity index is 1010. The number of phenols is 1. The van der Waals surface area contributed by atoms with Gasteiger partial charge in [0.25, 0.3) is 11.6 Å². The van der Waals surface area contributed by atoms with Gasteiger partial charge in [-0.1, -0.05) is 0 Å². The van der Waals surface area contributed by atoms with Crippen molar-refractivity contribution in [1.82, 2.24) is 5.32 Å². The van der Waals surface area contributed by atoms with Crippen LogP contribution >= 0.6 is 0 Å². The first-order valence-corrected chi connectivity index (χ1v) is 7.72. The molecule has 8 nitrogen and oxygen atoms in total. The molecule has 3 aromatic rings. The standard InChI is InChI=1S/C18H16N2O6/c1-10-14-8-13(25-2)4-6-16(14)26-17(10)18(22)19-9-11-7-12(20(23)24)3-5-15(11)21/h3-8,21H,9H2,1-2H3,(H,19,22). The summed E-state index contributed by atoms with van der Waals surface area (Å²) >= 11 is 0. The molecule has 2 aromatic carbocycles. The summed E-state index contributed by atoms with van der Waals surface area (Å²) in [5.41, 5.74) is 1.27. The number of benzene rings is 2. The summed E-state index contributed by atoms with van der Waals surface area (Å²) < 4.78 is 10.8. The summed E-state index contributed by atoms with van der Waals surface area (Å²) in [5, 5.41) is 24.0. The molecule has 0 bridgehead atoms. The number of carbonyl (C=O) groups is 1. The lowest BCUT2D eigenvalue weighted by Gasteiger charge is -2.06. The highest BCUT2D eigenvalue weighted by atomic mass is 16.6. The van der Waals surface area contributed by atoms with Crippen LogP contribution in [0.4, 0.5) is 5.69 Å². The molecule has 1 heterocycles. The number of nitrogens with one attached hydrogen (secondary N) is 1. The van der Waals surface area contributed by atoms with Gasteiger partial charge in [-0.2, -0.15) is 0 Å². The molecule has 0 aliphatic heterocycles. The van der Waals surface area contributed by atoms with E-state index in [4.69, 9.17) is 9.15 Å². The Balaban J connectivity index is 1.83. The molecule has 26 heavy (non-hydrogen) atoms. The number of aromatic hydroxyl groups is 1. The molecule has 0 aliphatic rings. The summed E-state index contributed by atoms with van der Waals surface area (Å²) in [6.45, 7) is 1.68. The van der Waals surface area contributed by atoms with Crippen LogP contribution in [0.25, 0.3) is 11.0 Å². The van der Waals surface area contributed by atoms with E-state index in [1.807, 2.05) is 0 Å². The molecular formula is C18H16N2O6. The van der Waals surface area contributed by atoms with Gasteiger partial charge in [0, 0.05) is 35.2 Å². The van der Waals surface area contributed by atoms with Crippen LogP contribution in [0.5, 0.6) is 11.5 Å². The van der Waals surface area contributed by atoms with Gasteiger partial charge in [0.1, 0.15) is 17.1 Å². The molecule has 1 aromatic heterocycles. The normalized spacial score (nSPS) is 10.7. The fraction of sp³-hybridized carbons (Fsp3) is 0.167. The van der Waals surface area contributed by atoms with Crippen molar-refractivity contribution in [3.63, 3.8) is 0 Å². The maximum Gasteiger partial charge on any atom is 0.287 e. The maximum absolute atomic E-state index is 12.4. The number of amides is 1. The van der Waals surface area contributed by atoms with E-state index in [-0.39, 0.29) is 29.3 Å². The second kappa shape index (κ2) is 6.75. The molecule has 134 valence electrons. The van der Waals surface area contributed by atoms with Crippen LogP contribution in [0.1, 0.15) is 21.7 Å². The number of hydrogen-bond donors (Lipinski definition) is 2. The zero-order valence-electron chi connectivity index (χ0n) is 14.1. The lowest BCUT2D eigenvalue weighted by atomic mass is 10.1. The Morgan fingerprint density at radius 2 is 2.08 bits per heavy atom. The molecule has 0 radical (unpaired) electrons. The summed E-state index contributed by atoms with van der Waals surface area (Å²) in [6.07, 6.45) is 0. The van der Waals surface area contributed by atoms with Gasteiger partial charge >= 0.3 is 0 Å². The number of nitrogens with zero attached hydrogens (tertiary/aromatic N) is 1. The fourth-order valence-corrected chi connectivity index (χ4v) is 2.63. The number of hydrogen-bond acceptors (Lipinski definition) is 6. The van der Waals surface area contributed by atoms with E-state index < -0.39 is 10.8 Å². The van der Waals surface area contributed by atoms with E-state index in [1.165, 1.54) is 18.2 Å². The smallest absolute Gasteiger partial charge is 0.287 e. The first kappa shape index (κ1) is 17.3. The van der Waals surface area contributed by atoms with Crippen molar-refractivity contribution in [2.45, 2.75) is 13.5 Å². The second-order valence-electron chi connectivity index (χ2n) is 5.67. The summed E-state index contributed by atoms with van der Waals surface area (Å²) in [6, 6.07) is 8.84. The van der Waals surface area contributed by atoms with Crippen LogP contribution < -0.4 is 10.1 Å². The molecule has 0 fully saturated rings. The number of nitro groups is 1. The fourth-order valence-electron chi connectivity index (χ4n) is 2.63. The molecule has 0 atom stereocenters. The third kappa shape index (κ3) is 3.16. The highest BCUT2D eigenvalue weighted by Crippen LogP contribution is 2.29. The summed E-state index contributed by atoms with van der Waals surface area (Å²) in [7, 11) is 1.55. The van der Waals surface area contributed by atoms with Gasteiger partial charge < -0.3 is 19.6 Å². The largest absolute Gasteiger partial charge is 0.508 e. The number of ether oxygens (including phenoxy) is 1. The zero-order valence-corrected chi connectivity index (χ0v) is 14.1. The van der Waals surface area contributed by atoms with Crippen LogP contribution in [0.3, 0.4) is 0 Å². The van der Waals surface area contributed by atoms with Gasteiger partial charge in [0.15, 0.2) is 5.76 Å². The number of aryl methyl sites for hydroxylation is 1. The first-order valence-electron chi connectivity index (χ1n) is 7.72. The maximum atomic E-state index is 12.4. The Kier molecular flexibility index (Phi) is 4.49. The molecule has 0 saturated heterocycles. The Hall–Kier alpha value is -3.55. The van der Waals surface area contributed by atoms with Crippen molar-refractivity contribution in [2.75, 3.05) is 7.11 Å². The second-order valence-corrected chi connectivity index (χ2v) is 5.67. The van der Waals surface area contributed by atoms with Gasteiger partial charge in [0.2, 0.25) is 0 Å². The lowest BCUT2D eigenvalue weighted by molar-refractivity contribution is -0.384. The lowest BCUT2D eigenvalue weighted by Crippen LogP contribution is -2.23. The average molecular weight is 356 g/mol. The zero-order chi connectivity index (χ0) is 18.8. The predicted molar refractivity (Wildman–Crippen MR) is 93.4 cm³/mol. The molecular weight excluding hydrogens is 340 g/mol. The Morgan fingerprint density at radius 1 is 1.31 bits per heavy atom. The van der Waals surface area contributed by atoms with E-state index in [9.17, 15) is 20.0 Å². The van der Waals surface area contributed by atoms with E-state index in [2.05, 4.69) is 5.32 Å². The van der Waals surface area contributed by atoms with Gasteiger partial charge in [0.05, 0.1) is 12.0 Å². The van der Waals surface area contributed by atoms with Gasteiger partial charge in [-0.15, -0.1) is 0 Å². The van der Waals surface area contributed by atoms with E-state index in [0.717, 1.165) is 5.39 Å². The highest BCUT2D eigenvalue weighted by Gasteiger charge is 2.19. The van der Waals surface area contributed by atoms with E-state index in [1.54, 1.807) is 32.2 Å². The molecule has 8 heteroatoms. The molecule has 3 rings (SSSR count). The van der Waals surface area contributed by atoms with E-state index in [0.29, 0.717) is 16.9 Å². The number of non-ortho nitro benzene ring substituents is 1. The number of methoxy groups -OCH3 is 1. The first-order chi connectivity index (χ1) is 12.4. The van der Waals surface area contributed by atoms with Crippen molar-refractivity contribution in [2.24, 2.45) is 0 Å². The number of furan rings is 1. The van der Waals surface area contributed by atoms with Crippen molar-refractivity contribution >= 4 is 22.6 Å². The van der Waals surface area contributed by atoms with Gasteiger partial charge in [-0.25, -0.2) is 0 Å². The third-order valence-corrected chi connectivity index (χ3v) is 4.06. The van der Waals surface area contributed by atoms with Gasteiger partial charge in [-0.05, 0) is 31.2 Å². The highest BCUT2D eigenvalue weighted by molar-refractivity contribution is 5.99. The Labute approximate surface area is 148 Å². The molecule has 2 N–H and O–H groups in total. The molecule has 1 amide bonds. The topological polar surface area (TPSA) is 115 Å². The van der Waals surface area contributed by atoms with Crippen molar-refractivity contribution in [3.8, 4) is 11.5 Å². The van der Waals surface area contributed by atoms with Crippen molar-refractivity contribution in [3.05, 3.63) is 63.4 Å². The van der Waals surface area contributed by atoms with Crippen LogP contribution in [0, 0.1) is 17.0 Å². The number of rotatable bonds is 5. The SMILES string of the molecule is COc1ccc2oc(C(=O)NCc3cc([N+](=O)[O-])ccc3O)c(C)c2c1. The quantitative estimate of drug-likeness (QED) is 0.535. The summed E-state index contributed by atoms with van der Waals surface area (Å²) in [5.74, 6) is 0.165. The van der Waals surface area contributed by atoms with Crippen molar-refractivity contribution < 1.29 is 24.0 Å². The molecule has 0 aliphatic carbocycles. The van der Waals surface area contributed by atoms with E-state index >= 15 is 0 Å². The molecule has 0 saturated carbocycles.